The predicted octanol–water partition coefficient (Wildman–Crippen LogP) is 4.49. The summed E-state index contributed by atoms with van der Waals surface area (Å²) in [6.45, 7) is 12.1. The first kappa shape index (κ1) is 17.3. The number of benzene rings is 1. The molecule has 0 heterocycles. The van der Waals surface area contributed by atoms with Gasteiger partial charge < -0.3 is 10.6 Å². The average Bonchev–Trinajstić information content (AvgIpc) is 2.37. The summed E-state index contributed by atoms with van der Waals surface area (Å²) >= 11 is 6.43. The van der Waals surface area contributed by atoms with Crippen LogP contribution in [0.4, 0.5) is 5.69 Å². The summed E-state index contributed by atoms with van der Waals surface area (Å²) in [6, 6.07) is 7.05. The van der Waals surface area contributed by atoms with E-state index in [0.29, 0.717) is 12.0 Å². The minimum Gasteiger partial charge on any atom is -0.369 e. The van der Waals surface area contributed by atoms with Gasteiger partial charge in [0.25, 0.3) is 0 Å². The lowest BCUT2D eigenvalue weighted by Crippen LogP contribution is -2.34. The number of hydrogen-bond donors (Lipinski definition) is 1. The van der Waals surface area contributed by atoms with Crippen molar-refractivity contribution in [2.45, 2.75) is 59.5 Å². The third-order valence-electron chi connectivity index (χ3n) is 3.56. The number of anilines is 1. The Morgan fingerprint density at radius 2 is 1.85 bits per heavy atom. The zero-order valence-corrected chi connectivity index (χ0v) is 14.2. The minimum atomic E-state index is 0.190. The Labute approximate surface area is 129 Å². The second-order valence-corrected chi connectivity index (χ2v) is 6.70. The minimum absolute atomic E-state index is 0.190. The van der Waals surface area contributed by atoms with Crippen LogP contribution < -0.4 is 10.6 Å². The summed E-state index contributed by atoms with van der Waals surface area (Å²) in [5.74, 6) is 0.629. The lowest BCUT2D eigenvalue weighted by molar-refractivity contribution is 0.571. The molecule has 1 unspecified atom stereocenters. The molecule has 2 nitrogen and oxygen atoms in total. The lowest BCUT2D eigenvalue weighted by Gasteiger charge is -2.31. The van der Waals surface area contributed by atoms with Gasteiger partial charge in [0.15, 0.2) is 0 Å². The topological polar surface area (TPSA) is 29.3 Å². The molecule has 20 heavy (non-hydrogen) atoms. The maximum Gasteiger partial charge on any atom is 0.0459 e. The van der Waals surface area contributed by atoms with E-state index in [1.54, 1.807) is 0 Å². The third kappa shape index (κ3) is 4.99. The van der Waals surface area contributed by atoms with Gasteiger partial charge in [0.05, 0.1) is 0 Å². The molecule has 0 aromatic heterocycles. The van der Waals surface area contributed by atoms with E-state index in [4.69, 9.17) is 17.3 Å². The molecule has 0 aliphatic rings. The van der Waals surface area contributed by atoms with Crippen LogP contribution in [0.25, 0.3) is 0 Å². The molecular formula is C17H29ClN2. The molecule has 3 heteroatoms. The van der Waals surface area contributed by atoms with Crippen molar-refractivity contribution in [1.82, 2.24) is 0 Å². The molecule has 1 aromatic rings. The normalized spacial score (nSPS) is 13.1. The Hall–Kier alpha value is -0.730. The van der Waals surface area contributed by atoms with Crippen molar-refractivity contribution in [1.29, 1.82) is 0 Å². The Bertz CT molecular complexity index is 415. The molecule has 0 aliphatic heterocycles. The fourth-order valence-corrected chi connectivity index (χ4v) is 2.57. The summed E-state index contributed by atoms with van der Waals surface area (Å²) in [6.07, 6.45) is 1.82. The van der Waals surface area contributed by atoms with Crippen LogP contribution >= 0.6 is 11.6 Å². The lowest BCUT2D eigenvalue weighted by atomic mass is 10.0. The Kier molecular flexibility index (Phi) is 6.84. The van der Waals surface area contributed by atoms with Crippen LogP contribution in [0.1, 0.15) is 46.6 Å². The highest BCUT2D eigenvalue weighted by Crippen LogP contribution is 2.26. The van der Waals surface area contributed by atoms with Crippen LogP contribution in [-0.2, 0) is 6.42 Å². The van der Waals surface area contributed by atoms with Crippen molar-refractivity contribution in [2.24, 2.45) is 11.7 Å². The fourth-order valence-electron chi connectivity index (χ4n) is 2.31. The molecule has 2 N–H and O–H groups in total. The monoisotopic (exact) mass is 296 g/mol. The summed E-state index contributed by atoms with van der Waals surface area (Å²) in [4.78, 5) is 2.40. The smallest absolute Gasteiger partial charge is 0.0459 e. The molecule has 0 saturated carbocycles. The van der Waals surface area contributed by atoms with Crippen molar-refractivity contribution in [3.63, 3.8) is 0 Å². The molecular weight excluding hydrogens is 268 g/mol. The average molecular weight is 297 g/mol. The summed E-state index contributed by atoms with van der Waals surface area (Å²) in [5.41, 5.74) is 8.37. The molecule has 114 valence electrons. The van der Waals surface area contributed by atoms with Crippen LogP contribution in [-0.4, -0.2) is 18.6 Å². The van der Waals surface area contributed by atoms with Crippen LogP contribution in [0.15, 0.2) is 18.2 Å². The van der Waals surface area contributed by atoms with Crippen molar-refractivity contribution in [3.05, 3.63) is 28.8 Å². The predicted molar refractivity (Wildman–Crippen MR) is 90.7 cm³/mol. The highest BCUT2D eigenvalue weighted by Gasteiger charge is 2.14. The van der Waals surface area contributed by atoms with E-state index in [2.05, 4.69) is 57.7 Å². The van der Waals surface area contributed by atoms with Crippen molar-refractivity contribution < 1.29 is 0 Å². The summed E-state index contributed by atoms with van der Waals surface area (Å²) in [5, 5.41) is 0.834. The van der Waals surface area contributed by atoms with Crippen molar-refractivity contribution in [2.75, 3.05) is 11.4 Å². The fraction of sp³-hybridized carbons (Fsp3) is 0.647. The molecule has 0 aliphatic carbocycles. The first-order chi connectivity index (χ1) is 9.35. The Morgan fingerprint density at radius 1 is 1.20 bits per heavy atom. The van der Waals surface area contributed by atoms with Gasteiger partial charge in [-0.05, 0) is 50.3 Å². The van der Waals surface area contributed by atoms with Gasteiger partial charge in [-0.25, -0.2) is 0 Å². The van der Waals surface area contributed by atoms with Crippen molar-refractivity contribution >= 4 is 17.3 Å². The molecule has 0 bridgehead atoms. The van der Waals surface area contributed by atoms with Gasteiger partial charge >= 0.3 is 0 Å². The highest BCUT2D eigenvalue weighted by molar-refractivity contribution is 6.31. The van der Waals surface area contributed by atoms with Gasteiger partial charge in [-0.15, -0.1) is 0 Å². The van der Waals surface area contributed by atoms with E-state index in [-0.39, 0.29) is 6.04 Å². The van der Waals surface area contributed by atoms with E-state index < -0.39 is 0 Å². The maximum atomic E-state index is 6.43. The molecule has 0 radical (unpaired) electrons. The van der Waals surface area contributed by atoms with Gasteiger partial charge in [-0.2, -0.15) is 0 Å². The molecule has 0 amide bonds. The zero-order chi connectivity index (χ0) is 15.3. The van der Waals surface area contributed by atoms with E-state index in [1.165, 1.54) is 5.69 Å². The standard InChI is InChI=1S/C17H29ClN2/c1-6-15(19)9-14-7-8-16(10-17(14)18)20(13(4)5)11-12(2)3/h7-8,10,12-13,15H,6,9,11,19H2,1-5H3. The Morgan fingerprint density at radius 3 is 2.30 bits per heavy atom. The van der Waals surface area contributed by atoms with Gasteiger partial charge in [0.1, 0.15) is 0 Å². The number of halogens is 1. The molecule has 0 saturated heterocycles. The van der Waals surface area contributed by atoms with E-state index in [1.807, 2.05) is 0 Å². The number of nitrogens with zero attached hydrogens (tertiary/aromatic N) is 1. The first-order valence-electron chi connectivity index (χ1n) is 7.65. The van der Waals surface area contributed by atoms with Gasteiger partial charge in [0, 0.05) is 29.3 Å². The number of rotatable bonds is 7. The summed E-state index contributed by atoms with van der Waals surface area (Å²) in [7, 11) is 0. The largest absolute Gasteiger partial charge is 0.369 e. The van der Waals surface area contributed by atoms with E-state index in [9.17, 15) is 0 Å². The quantitative estimate of drug-likeness (QED) is 0.803. The Balaban J connectivity index is 2.94. The number of nitrogens with two attached hydrogens (primary N) is 1. The maximum absolute atomic E-state index is 6.43. The second-order valence-electron chi connectivity index (χ2n) is 6.29. The van der Waals surface area contributed by atoms with E-state index >= 15 is 0 Å². The SMILES string of the molecule is CCC(N)Cc1ccc(N(CC(C)C)C(C)C)cc1Cl. The molecule has 1 rings (SSSR count). The zero-order valence-electron chi connectivity index (χ0n) is 13.5. The molecule has 1 atom stereocenters. The second kappa shape index (κ2) is 7.90. The van der Waals surface area contributed by atoms with Crippen molar-refractivity contribution in [3.8, 4) is 0 Å². The molecule has 0 spiro atoms. The van der Waals surface area contributed by atoms with Crippen LogP contribution in [0, 0.1) is 5.92 Å². The van der Waals surface area contributed by atoms with Gasteiger partial charge in [-0.3, -0.25) is 0 Å². The van der Waals surface area contributed by atoms with Gasteiger partial charge in [0.2, 0.25) is 0 Å². The molecule has 1 aromatic carbocycles. The first-order valence-corrected chi connectivity index (χ1v) is 8.03. The van der Waals surface area contributed by atoms with E-state index in [0.717, 1.165) is 30.0 Å². The van der Waals surface area contributed by atoms with Crippen LogP contribution in [0.3, 0.4) is 0 Å². The van der Waals surface area contributed by atoms with Gasteiger partial charge in [-0.1, -0.05) is 38.4 Å². The third-order valence-corrected chi connectivity index (χ3v) is 3.91. The summed E-state index contributed by atoms with van der Waals surface area (Å²) < 4.78 is 0. The highest BCUT2D eigenvalue weighted by atomic mass is 35.5. The molecule has 0 fully saturated rings. The number of hydrogen-bond acceptors (Lipinski definition) is 2. The van der Waals surface area contributed by atoms with Crippen LogP contribution in [0.2, 0.25) is 5.02 Å². The van der Waals surface area contributed by atoms with Crippen LogP contribution in [0.5, 0.6) is 0 Å².